The summed E-state index contributed by atoms with van der Waals surface area (Å²) in [7, 11) is 2.10. The van der Waals surface area contributed by atoms with E-state index in [2.05, 4.69) is 171 Å². The second-order valence-electron chi connectivity index (χ2n) is 10.7. The van der Waals surface area contributed by atoms with Crippen LogP contribution in [-0.4, -0.2) is 13.0 Å². The van der Waals surface area contributed by atoms with Crippen molar-refractivity contribution in [1.82, 2.24) is 4.98 Å². The molecular formula is C38H34BN3. The van der Waals surface area contributed by atoms with Crippen LogP contribution in [-0.2, 0) is 6.54 Å². The minimum atomic E-state index is 0.685. The van der Waals surface area contributed by atoms with Crippen LogP contribution in [0.5, 0.6) is 0 Å². The molecule has 0 aliphatic heterocycles. The van der Waals surface area contributed by atoms with Gasteiger partial charge in [-0.3, -0.25) is 0 Å². The third-order valence-corrected chi connectivity index (χ3v) is 7.97. The Kier molecular flexibility index (Phi) is 7.87. The van der Waals surface area contributed by atoms with Crippen LogP contribution in [0.3, 0.4) is 0 Å². The Morgan fingerprint density at radius 3 is 1.67 bits per heavy atom. The molecule has 3 nitrogen and oxygen atoms in total. The molecule has 0 fully saturated rings. The molecular weight excluding hydrogens is 509 g/mol. The Morgan fingerprint density at radius 1 is 0.571 bits per heavy atom. The zero-order valence-corrected chi connectivity index (χ0v) is 24.4. The van der Waals surface area contributed by atoms with E-state index in [0.29, 0.717) is 6.54 Å². The highest BCUT2D eigenvalue weighted by Gasteiger charge is 2.21. The highest BCUT2D eigenvalue weighted by Crippen LogP contribution is 2.41. The normalized spacial score (nSPS) is 10.8. The van der Waals surface area contributed by atoms with Gasteiger partial charge >= 0.3 is 0 Å². The summed E-state index contributed by atoms with van der Waals surface area (Å²) in [4.78, 5) is 9.41. The molecule has 0 atom stereocenters. The van der Waals surface area contributed by atoms with Crippen molar-refractivity contribution in [3.8, 4) is 22.3 Å². The molecule has 0 aliphatic carbocycles. The highest BCUT2D eigenvalue weighted by atomic mass is 15.2. The van der Waals surface area contributed by atoms with E-state index in [9.17, 15) is 0 Å². The van der Waals surface area contributed by atoms with Crippen LogP contribution >= 0.6 is 0 Å². The molecule has 0 unspecified atom stereocenters. The summed E-state index contributed by atoms with van der Waals surface area (Å²) in [5.74, 6) is 0.924. The van der Waals surface area contributed by atoms with E-state index in [-0.39, 0.29) is 0 Å². The molecule has 42 heavy (non-hydrogen) atoms. The molecule has 1 heterocycles. The summed E-state index contributed by atoms with van der Waals surface area (Å²) in [5.41, 5.74) is 11.9. The Bertz CT molecular complexity index is 1730. The number of anilines is 4. The molecule has 0 saturated carbocycles. The Morgan fingerprint density at radius 2 is 1.10 bits per heavy atom. The van der Waals surface area contributed by atoms with Gasteiger partial charge < -0.3 is 9.71 Å². The Balaban J connectivity index is 1.54. The number of pyridine rings is 1. The van der Waals surface area contributed by atoms with E-state index in [0.717, 1.165) is 22.9 Å². The molecule has 0 bridgehead atoms. The van der Waals surface area contributed by atoms with Crippen molar-refractivity contribution >= 4 is 30.9 Å². The average molecular weight is 544 g/mol. The van der Waals surface area contributed by atoms with E-state index in [4.69, 9.17) is 4.98 Å². The zero-order valence-electron chi connectivity index (χ0n) is 24.4. The summed E-state index contributed by atoms with van der Waals surface area (Å²) in [6, 6.07) is 49.6. The van der Waals surface area contributed by atoms with Crippen molar-refractivity contribution in [3.05, 3.63) is 162 Å². The van der Waals surface area contributed by atoms with Gasteiger partial charge in [0.25, 0.3) is 0 Å². The number of aryl methyl sites for hydroxylation is 2. The van der Waals surface area contributed by atoms with Crippen LogP contribution in [0.15, 0.2) is 146 Å². The lowest BCUT2D eigenvalue weighted by Crippen LogP contribution is -2.22. The smallest absolute Gasteiger partial charge is 0.225 e. The first-order valence-electron chi connectivity index (χ1n) is 14.4. The molecule has 0 N–H and O–H groups in total. The maximum atomic E-state index is 4.79. The van der Waals surface area contributed by atoms with Gasteiger partial charge in [-0.2, -0.15) is 0 Å². The van der Waals surface area contributed by atoms with Gasteiger partial charge in [0.1, 0.15) is 5.82 Å². The van der Waals surface area contributed by atoms with Crippen molar-refractivity contribution in [1.29, 1.82) is 0 Å². The largest absolute Gasteiger partial charge is 0.377 e. The lowest BCUT2D eigenvalue weighted by atomic mass is 9.91. The molecule has 0 aliphatic rings. The van der Waals surface area contributed by atoms with E-state index < -0.39 is 0 Å². The molecule has 6 aromatic rings. The minimum Gasteiger partial charge on any atom is -0.377 e. The first-order valence-corrected chi connectivity index (χ1v) is 14.4. The number of hydrogen-bond donors (Lipinski definition) is 0. The zero-order chi connectivity index (χ0) is 28.9. The van der Waals surface area contributed by atoms with Crippen LogP contribution in [0, 0.1) is 13.8 Å². The van der Waals surface area contributed by atoms with Gasteiger partial charge in [0.2, 0.25) is 7.98 Å². The Labute approximate surface area is 250 Å². The predicted molar refractivity (Wildman–Crippen MR) is 180 cm³/mol. The summed E-state index contributed by atoms with van der Waals surface area (Å²) >= 11 is 0. The van der Waals surface area contributed by atoms with E-state index in [1.54, 1.807) is 0 Å². The van der Waals surface area contributed by atoms with Gasteiger partial charge in [-0.25, -0.2) is 4.98 Å². The first-order chi connectivity index (χ1) is 20.6. The van der Waals surface area contributed by atoms with E-state index in [1.807, 2.05) is 6.20 Å². The molecule has 0 radical (unpaired) electrons. The standard InChI is InChI=1S/C38H34BN3/c1-28-25-38(40-26-29(28)2)42(39)37-24-13-12-23-36(37)41(32-19-10-5-11-20-32)27-35-33(30-15-6-3-7-16-30)21-14-22-34(35)31-17-8-4-9-18-31/h3-26H,27,39H2,1-2H3. The van der Waals surface area contributed by atoms with Gasteiger partial charge in [0, 0.05) is 18.4 Å². The summed E-state index contributed by atoms with van der Waals surface area (Å²) in [6.07, 6.45) is 1.96. The number of hydrogen-bond acceptors (Lipinski definition) is 3. The lowest BCUT2D eigenvalue weighted by Gasteiger charge is -2.32. The molecule has 4 heteroatoms. The fourth-order valence-electron chi connectivity index (χ4n) is 5.51. The van der Waals surface area contributed by atoms with Crippen LogP contribution in [0.2, 0.25) is 0 Å². The fraction of sp³-hybridized carbons (Fsp3) is 0.0789. The van der Waals surface area contributed by atoms with Crippen LogP contribution in [0.4, 0.5) is 22.9 Å². The fourth-order valence-corrected chi connectivity index (χ4v) is 5.51. The van der Waals surface area contributed by atoms with Crippen LogP contribution < -0.4 is 9.71 Å². The molecule has 1 aromatic heterocycles. The van der Waals surface area contributed by atoms with Crippen molar-refractivity contribution in [2.24, 2.45) is 0 Å². The first kappa shape index (κ1) is 27.1. The topological polar surface area (TPSA) is 19.4 Å². The highest BCUT2D eigenvalue weighted by molar-refractivity contribution is 6.23. The van der Waals surface area contributed by atoms with Gasteiger partial charge in [0.05, 0.1) is 11.4 Å². The monoisotopic (exact) mass is 543 g/mol. The van der Waals surface area contributed by atoms with Crippen LogP contribution in [0.1, 0.15) is 16.7 Å². The molecule has 204 valence electrons. The summed E-state index contributed by atoms with van der Waals surface area (Å²) in [5, 5.41) is 0. The van der Waals surface area contributed by atoms with Crippen molar-refractivity contribution in [3.63, 3.8) is 0 Å². The van der Waals surface area contributed by atoms with Crippen LogP contribution in [0.25, 0.3) is 22.3 Å². The second-order valence-corrected chi connectivity index (χ2v) is 10.7. The van der Waals surface area contributed by atoms with Crippen molar-refractivity contribution in [2.75, 3.05) is 9.71 Å². The maximum absolute atomic E-state index is 4.79. The Hall–Kier alpha value is -5.09. The van der Waals surface area contributed by atoms with Gasteiger partial charge in [-0.1, -0.05) is 109 Å². The lowest BCUT2D eigenvalue weighted by molar-refractivity contribution is 0.977. The average Bonchev–Trinajstić information content (AvgIpc) is 3.06. The number of aromatic nitrogens is 1. The summed E-state index contributed by atoms with van der Waals surface area (Å²) < 4.78 is 0. The summed E-state index contributed by atoms with van der Waals surface area (Å²) in [6.45, 7) is 4.93. The van der Waals surface area contributed by atoms with Crippen molar-refractivity contribution < 1.29 is 0 Å². The number of nitrogens with zero attached hydrogens (tertiary/aromatic N) is 3. The molecule has 6 rings (SSSR count). The van der Waals surface area contributed by atoms with Crippen molar-refractivity contribution in [2.45, 2.75) is 20.4 Å². The molecule has 0 amide bonds. The molecule has 5 aromatic carbocycles. The predicted octanol–water partition coefficient (Wildman–Crippen LogP) is 9.06. The SMILES string of the molecule is BN(c1cc(C)c(C)cn1)c1ccccc1N(Cc1c(-c2ccccc2)cccc1-c1ccccc1)c1ccccc1. The van der Waals surface area contributed by atoms with E-state index in [1.165, 1.54) is 38.9 Å². The minimum absolute atomic E-state index is 0.685. The maximum Gasteiger partial charge on any atom is 0.225 e. The van der Waals surface area contributed by atoms with Gasteiger partial charge in [0.15, 0.2) is 0 Å². The molecule has 0 saturated heterocycles. The quantitative estimate of drug-likeness (QED) is 0.179. The van der Waals surface area contributed by atoms with E-state index >= 15 is 0 Å². The third kappa shape index (κ3) is 5.57. The van der Waals surface area contributed by atoms with Gasteiger partial charge in [-0.15, -0.1) is 0 Å². The van der Waals surface area contributed by atoms with Gasteiger partial charge in [-0.05, 0) is 83.1 Å². The second kappa shape index (κ2) is 12.2. The number of para-hydroxylation sites is 3. The number of rotatable bonds is 8. The molecule has 0 spiro atoms. The third-order valence-electron chi connectivity index (χ3n) is 7.97. The number of benzene rings is 5.